The van der Waals surface area contributed by atoms with Gasteiger partial charge in [0.25, 0.3) is 5.91 Å². The molecule has 0 spiro atoms. The molecule has 0 bridgehead atoms. The Morgan fingerprint density at radius 3 is 2.54 bits per heavy atom. The summed E-state index contributed by atoms with van der Waals surface area (Å²) in [5.41, 5.74) is -4.46. The Labute approximate surface area is 134 Å². The van der Waals surface area contributed by atoms with Gasteiger partial charge in [0.2, 0.25) is 0 Å². The lowest BCUT2D eigenvalue weighted by Crippen LogP contribution is -2.40. The molecule has 10 heteroatoms. The molecular formula is C14H14F3N3O4. The lowest BCUT2D eigenvalue weighted by Gasteiger charge is -2.22. The van der Waals surface area contributed by atoms with Crippen molar-refractivity contribution in [3.05, 3.63) is 23.5 Å². The number of amides is 1. The summed E-state index contributed by atoms with van der Waals surface area (Å²) in [5.74, 6) is -2.11. The van der Waals surface area contributed by atoms with Crippen LogP contribution in [0.4, 0.5) is 18.9 Å². The number of aliphatic carboxylic acids is 1. The van der Waals surface area contributed by atoms with Gasteiger partial charge in [-0.15, -0.1) is 0 Å². The summed E-state index contributed by atoms with van der Waals surface area (Å²) in [6.07, 6.45) is -4.42. The quantitative estimate of drug-likeness (QED) is 0.724. The minimum absolute atomic E-state index is 0.00910. The molecule has 1 amide bonds. The number of carbonyl (C=O) groups excluding carboxylic acids is 1. The van der Waals surface area contributed by atoms with Crippen molar-refractivity contribution >= 4 is 17.6 Å². The summed E-state index contributed by atoms with van der Waals surface area (Å²) in [5, 5.41) is 29.2. The Hall–Kier alpha value is -2.67. The molecule has 0 aliphatic carbocycles. The van der Waals surface area contributed by atoms with E-state index in [1.165, 1.54) is 6.07 Å². The molecule has 0 aliphatic rings. The number of anilines is 1. The van der Waals surface area contributed by atoms with E-state index in [1.807, 2.05) is 0 Å². The summed E-state index contributed by atoms with van der Waals surface area (Å²) in [7, 11) is 0. The van der Waals surface area contributed by atoms with Crippen LogP contribution in [-0.4, -0.2) is 32.7 Å². The molecule has 1 unspecified atom stereocenters. The van der Waals surface area contributed by atoms with Gasteiger partial charge in [0.15, 0.2) is 5.69 Å². The van der Waals surface area contributed by atoms with Crippen molar-refractivity contribution in [2.75, 3.05) is 5.32 Å². The third-order valence-corrected chi connectivity index (χ3v) is 3.10. The van der Waals surface area contributed by atoms with Crippen molar-refractivity contribution in [3.63, 3.8) is 0 Å². The number of hydrogen-bond acceptors (Lipinski definition) is 5. The molecule has 7 nitrogen and oxygen atoms in total. The maximum absolute atomic E-state index is 12.8. The van der Waals surface area contributed by atoms with E-state index in [0.29, 0.717) is 6.07 Å². The Kier molecular flexibility index (Phi) is 5.87. The fourth-order valence-corrected chi connectivity index (χ4v) is 1.80. The number of carbonyl (C=O) groups is 2. The highest BCUT2D eigenvalue weighted by molar-refractivity contribution is 5.96. The minimum atomic E-state index is -4.83. The monoisotopic (exact) mass is 345 g/mol. The first-order valence-corrected chi connectivity index (χ1v) is 6.70. The van der Waals surface area contributed by atoms with Crippen molar-refractivity contribution in [3.8, 4) is 6.07 Å². The summed E-state index contributed by atoms with van der Waals surface area (Å²) in [6.45, 7) is 1.12. The molecule has 3 N–H and O–H groups in total. The standard InChI is InChI=1S/C14H14F3N3O4/c1-13(24,4-2-3-11(21)22)12(23)20-8-5-9(14(15,16)17)10(6-18)19-7-8/h5,7,24H,2-4H2,1H3,(H,20,23)(H,21,22). The Morgan fingerprint density at radius 2 is 2.04 bits per heavy atom. The number of pyridine rings is 1. The number of nitrogens with zero attached hydrogens (tertiary/aromatic N) is 2. The summed E-state index contributed by atoms with van der Waals surface area (Å²) in [4.78, 5) is 25.7. The van der Waals surface area contributed by atoms with Crippen LogP contribution in [0.5, 0.6) is 0 Å². The summed E-state index contributed by atoms with van der Waals surface area (Å²) < 4.78 is 38.5. The first-order chi connectivity index (χ1) is 11.0. The van der Waals surface area contributed by atoms with Gasteiger partial charge in [-0.2, -0.15) is 18.4 Å². The average Bonchev–Trinajstić information content (AvgIpc) is 2.45. The van der Waals surface area contributed by atoms with Gasteiger partial charge in [0, 0.05) is 6.42 Å². The zero-order valence-electron chi connectivity index (χ0n) is 12.5. The van der Waals surface area contributed by atoms with Crippen LogP contribution in [0.1, 0.15) is 37.4 Å². The van der Waals surface area contributed by atoms with Gasteiger partial charge in [-0.05, 0) is 25.8 Å². The number of halogens is 3. The number of carboxylic acids is 1. The van der Waals surface area contributed by atoms with Crippen LogP contribution in [0.15, 0.2) is 12.3 Å². The van der Waals surface area contributed by atoms with Gasteiger partial charge in [-0.25, -0.2) is 4.98 Å². The van der Waals surface area contributed by atoms with Crippen LogP contribution in [0, 0.1) is 11.3 Å². The summed E-state index contributed by atoms with van der Waals surface area (Å²) >= 11 is 0. The zero-order chi connectivity index (χ0) is 18.5. The van der Waals surface area contributed by atoms with Gasteiger partial charge >= 0.3 is 12.1 Å². The molecular weight excluding hydrogens is 331 g/mol. The first kappa shape index (κ1) is 19.4. The molecule has 0 saturated carbocycles. The second-order valence-electron chi connectivity index (χ2n) is 5.20. The number of aliphatic hydroxyl groups is 1. The molecule has 24 heavy (non-hydrogen) atoms. The number of aromatic nitrogens is 1. The molecule has 0 radical (unpaired) electrons. The maximum atomic E-state index is 12.8. The second-order valence-corrected chi connectivity index (χ2v) is 5.20. The molecule has 1 atom stereocenters. The largest absolute Gasteiger partial charge is 0.481 e. The van der Waals surface area contributed by atoms with E-state index in [9.17, 15) is 27.9 Å². The van der Waals surface area contributed by atoms with Crippen molar-refractivity contribution in [2.24, 2.45) is 0 Å². The lowest BCUT2D eigenvalue weighted by molar-refractivity contribution is -0.139. The number of rotatable bonds is 6. The van der Waals surface area contributed by atoms with E-state index >= 15 is 0 Å². The van der Waals surface area contributed by atoms with E-state index in [1.54, 1.807) is 0 Å². The Bertz CT molecular complexity index is 681. The van der Waals surface area contributed by atoms with Crippen LogP contribution in [0.2, 0.25) is 0 Å². The van der Waals surface area contributed by atoms with E-state index in [2.05, 4.69) is 10.3 Å². The fraction of sp³-hybridized carbons (Fsp3) is 0.429. The van der Waals surface area contributed by atoms with Crippen LogP contribution in [-0.2, 0) is 15.8 Å². The molecule has 0 aromatic carbocycles. The van der Waals surface area contributed by atoms with Gasteiger partial charge in [0.05, 0.1) is 17.4 Å². The topological polar surface area (TPSA) is 123 Å². The molecule has 0 aliphatic heterocycles. The molecule has 130 valence electrons. The maximum Gasteiger partial charge on any atom is 0.419 e. The van der Waals surface area contributed by atoms with E-state index in [4.69, 9.17) is 10.4 Å². The van der Waals surface area contributed by atoms with Gasteiger partial charge in [-0.3, -0.25) is 9.59 Å². The lowest BCUT2D eigenvalue weighted by atomic mass is 9.98. The van der Waals surface area contributed by atoms with Crippen LogP contribution in [0.25, 0.3) is 0 Å². The van der Waals surface area contributed by atoms with Crippen LogP contribution >= 0.6 is 0 Å². The van der Waals surface area contributed by atoms with E-state index < -0.39 is 34.9 Å². The predicted octanol–water partition coefficient (Wildman–Crippen LogP) is 1.92. The van der Waals surface area contributed by atoms with Crippen molar-refractivity contribution < 1.29 is 33.0 Å². The smallest absolute Gasteiger partial charge is 0.419 e. The van der Waals surface area contributed by atoms with Gasteiger partial charge < -0.3 is 15.5 Å². The van der Waals surface area contributed by atoms with E-state index in [0.717, 1.165) is 13.1 Å². The third-order valence-electron chi connectivity index (χ3n) is 3.10. The second kappa shape index (κ2) is 7.27. The SMILES string of the molecule is CC(O)(CCCC(=O)O)C(=O)Nc1cnc(C#N)c(C(F)(F)F)c1. The number of alkyl halides is 3. The van der Waals surface area contributed by atoms with Gasteiger partial charge in [-0.1, -0.05) is 0 Å². The highest BCUT2D eigenvalue weighted by atomic mass is 19.4. The number of carboxylic acid groups (broad SMARTS) is 1. The minimum Gasteiger partial charge on any atom is -0.481 e. The highest BCUT2D eigenvalue weighted by Gasteiger charge is 2.35. The number of nitrogens with one attached hydrogen (secondary N) is 1. The number of nitriles is 1. The van der Waals surface area contributed by atoms with Gasteiger partial charge in [0.1, 0.15) is 11.7 Å². The number of hydrogen-bond donors (Lipinski definition) is 3. The Morgan fingerprint density at radius 1 is 1.42 bits per heavy atom. The molecule has 1 aromatic heterocycles. The van der Waals surface area contributed by atoms with E-state index in [-0.39, 0.29) is 24.9 Å². The molecule has 0 fully saturated rings. The van der Waals surface area contributed by atoms with Crippen LogP contribution in [0.3, 0.4) is 0 Å². The average molecular weight is 345 g/mol. The van der Waals surface area contributed by atoms with Crippen molar-refractivity contribution in [2.45, 2.75) is 38.0 Å². The normalized spacial score (nSPS) is 13.7. The van der Waals surface area contributed by atoms with Crippen molar-refractivity contribution in [1.82, 2.24) is 4.98 Å². The Balaban J connectivity index is 2.91. The molecule has 1 heterocycles. The molecule has 1 rings (SSSR count). The van der Waals surface area contributed by atoms with Crippen LogP contribution < -0.4 is 5.32 Å². The summed E-state index contributed by atoms with van der Waals surface area (Å²) in [6, 6.07) is 1.84. The predicted molar refractivity (Wildman–Crippen MR) is 74.7 cm³/mol. The first-order valence-electron chi connectivity index (χ1n) is 6.70. The fourth-order valence-electron chi connectivity index (χ4n) is 1.80. The highest BCUT2D eigenvalue weighted by Crippen LogP contribution is 2.32. The third kappa shape index (κ3) is 5.20. The molecule has 0 saturated heterocycles. The van der Waals surface area contributed by atoms with Crippen molar-refractivity contribution in [1.29, 1.82) is 5.26 Å². The molecule has 1 aromatic rings. The zero-order valence-corrected chi connectivity index (χ0v) is 12.5.